The number of nitrogens with one attached hydrogen (secondary N) is 1. The van der Waals surface area contributed by atoms with Crippen molar-refractivity contribution < 1.29 is 4.79 Å². The van der Waals surface area contributed by atoms with Crippen molar-refractivity contribution in [3.8, 4) is 0 Å². The number of thiophene rings is 1. The number of aromatic nitrogens is 2. The number of benzene rings is 1. The molecule has 0 radical (unpaired) electrons. The van der Waals surface area contributed by atoms with Crippen molar-refractivity contribution in [3.05, 3.63) is 75.7 Å². The molecule has 1 atom stereocenters. The van der Waals surface area contributed by atoms with Gasteiger partial charge in [-0.3, -0.25) is 9.48 Å². The SMILES string of the molecule is CC1(C)Cc2c(cnn2Cc2ccccc2)[C@@H](NC(=O)c2cccs2)C1. The topological polar surface area (TPSA) is 46.9 Å². The van der Waals surface area contributed by atoms with Crippen LogP contribution in [0.1, 0.15) is 52.8 Å². The first-order chi connectivity index (χ1) is 12.5. The molecule has 5 heteroatoms. The van der Waals surface area contributed by atoms with E-state index in [-0.39, 0.29) is 17.4 Å². The van der Waals surface area contributed by atoms with Crippen molar-refractivity contribution in [1.82, 2.24) is 15.1 Å². The van der Waals surface area contributed by atoms with E-state index in [1.54, 1.807) is 0 Å². The van der Waals surface area contributed by atoms with Crippen LogP contribution in [0.5, 0.6) is 0 Å². The molecule has 134 valence electrons. The Morgan fingerprint density at radius 1 is 1.27 bits per heavy atom. The summed E-state index contributed by atoms with van der Waals surface area (Å²) in [4.78, 5) is 13.3. The molecule has 4 nitrogen and oxygen atoms in total. The fraction of sp³-hybridized carbons (Fsp3) is 0.333. The van der Waals surface area contributed by atoms with E-state index in [2.05, 4.69) is 53.2 Å². The smallest absolute Gasteiger partial charge is 0.261 e. The standard InChI is InChI=1S/C21H23N3OS/c1-21(2)11-17(23-20(25)19-9-6-10-26-19)16-13-22-24(18(16)12-21)14-15-7-4-3-5-8-15/h3-10,13,17H,11-12,14H2,1-2H3,(H,23,25)/t17-/m0/s1. The summed E-state index contributed by atoms with van der Waals surface area (Å²) in [7, 11) is 0. The molecule has 3 aromatic rings. The zero-order valence-electron chi connectivity index (χ0n) is 15.1. The van der Waals surface area contributed by atoms with Gasteiger partial charge in [-0.2, -0.15) is 5.10 Å². The molecule has 2 aromatic heterocycles. The zero-order valence-corrected chi connectivity index (χ0v) is 15.9. The zero-order chi connectivity index (χ0) is 18.1. The van der Waals surface area contributed by atoms with Gasteiger partial charge in [-0.05, 0) is 35.3 Å². The number of carbonyl (C=O) groups is 1. The molecule has 0 saturated carbocycles. The van der Waals surface area contributed by atoms with Crippen LogP contribution >= 0.6 is 11.3 Å². The van der Waals surface area contributed by atoms with E-state index in [9.17, 15) is 4.79 Å². The third-order valence-corrected chi connectivity index (χ3v) is 5.85. The Balaban J connectivity index is 1.62. The molecule has 1 aromatic carbocycles. The van der Waals surface area contributed by atoms with Gasteiger partial charge in [-0.1, -0.05) is 50.2 Å². The van der Waals surface area contributed by atoms with E-state index in [1.165, 1.54) is 22.6 Å². The van der Waals surface area contributed by atoms with Gasteiger partial charge in [-0.25, -0.2) is 0 Å². The van der Waals surface area contributed by atoms with Crippen LogP contribution < -0.4 is 5.32 Å². The van der Waals surface area contributed by atoms with Crippen LogP contribution in [0.25, 0.3) is 0 Å². The summed E-state index contributed by atoms with van der Waals surface area (Å²) in [6.45, 7) is 5.29. The fourth-order valence-corrected chi connectivity index (χ4v) is 4.38. The van der Waals surface area contributed by atoms with E-state index >= 15 is 0 Å². The average Bonchev–Trinajstić information content (AvgIpc) is 3.26. The molecule has 0 unspecified atom stereocenters. The van der Waals surface area contributed by atoms with Gasteiger partial charge >= 0.3 is 0 Å². The van der Waals surface area contributed by atoms with Crippen LogP contribution in [-0.4, -0.2) is 15.7 Å². The van der Waals surface area contributed by atoms with E-state index in [4.69, 9.17) is 0 Å². The van der Waals surface area contributed by atoms with Crippen LogP contribution in [0.4, 0.5) is 0 Å². The maximum absolute atomic E-state index is 12.6. The second kappa shape index (κ2) is 6.72. The van der Waals surface area contributed by atoms with Crippen LogP contribution in [0.15, 0.2) is 54.0 Å². The first kappa shape index (κ1) is 17.0. The number of rotatable bonds is 4. The Bertz CT molecular complexity index is 897. The molecule has 26 heavy (non-hydrogen) atoms. The minimum absolute atomic E-state index is 0.00413. The number of hydrogen-bond donors (Lipinski definition) is 1. The lowest BCUT2D eigenvalue weighted by molar-refractivity contribution is 0.0923. The lowest BCUT2D eigenvalue weighted by Gasteiger charge is -2.36. The van der Waals surface area contributed by atoms with Gasteiger partial charge in [0.2, 0.25) is 0 Å². The van der Waals surface area contributed by atoms with Crippen molar-refractivity contribution in [2.45, 2.75) is 39.3 Å². The van der Waals surface area contributed by atoms with Gasteiger partial charge < -0.3 is 5.32 Å². The lowest BCUT2D eigenvalue weighted by Crippen LogP contribution is -2.36. The van der Waals surface area contributed by atoms with Gasteiger partial charge in [0.25, 0.3) is 5.91 Å². The minimum atomic E-state index is 0.00413. The van der Waals surface area contributed by atoms with Gasteiger partial charge in [0.15, 0.2) is 0 Å². The van der Waals surface area contributed by atoms with E-state index in [1.807, 2.05) is 29.8 Å². The third-order valence-electron chi connectivity index (χ3n) is 4.98. The highest BCUT2D eigenvalue weighted by atomic mass is 32.1. The summed E-state index contributed by atoms with van der Waals surface area (Å²) < 4.78 is 2.09. The molecule has 4 rings (SSSR count). The number of nitrogens with zero attached hydrogens (tertiary/aromatic N) is 2. The van der Waals surface area contributed by atoms with Gasteiger partial charge in [-0.15, -0.1) is 11.3 Å². The summed E-state index contributed by atoms with van der Waals surface area (Å²) in [5, 5.41) is 9.81. The summed E-state index contributed by atoms with van der Waals surface area (Å²) in [6.07, 6.45) is 3.83. The van der Waals surface area contributed by atoms with Crippen molar-refractivity contribution in [2.24, 2.45) is 5.41 Å². The maximum atomic E-state index is 12.6. The van der Waals surface area contributed by atoms with Crippen LogP contribution in [0.3, 0.4) is 0 Å². The monoisotopic (exact) mass is 365 g/mol. The summed E-state index contributed by atoms with van der Waals surface area (Å²) in [5.74, 6) is 0.00413. The molecular weight excluding hydrogens is 342 g/mol. The Hall–Kier alpha value is -2.40. The molecule has 2 heterocycles. The van der Waals surface area contributed by atoms with Crippen LogP contribution in [0.2, 0.25) is 0 Å². The largest absolute Gasteiger partial charge is 0.344 e. The van der Waals surface area contributed by atoms with Crippen molar-refractivity contribution in [3.63, 3.8) is 0 Å². The molecule has 0 bridgehead atoms. The number of amides is 1. The average molecular weight is 366 g/mol. The van der Waals surface area contributed by atoms with E-state index in [0.717, 1.165) is 29.8 Å². The molecule has 1 amide bonds. The highest BCUT2D eigenvalue weighted by Crippen LogP contribution is 2.41. The quantitative estimate of drug-likeness (QED) is 0.743. The van der Waals surface area contributed by atoms with E-state index in [0.29, 0.717) is 0 Å². The number of fused-ring (bicyclic) bond motifs is 1. The maximum Gasteiger partial charge on any atom is 0.261 e. The van der Waals surface area contributed by atoms with Crippen LogP contribution in [-0.2, 0) is 13.0 Å². The van der Waals surface area contributed by atoms with Crippen molar-refractivity contribution >= 4 is 17.2 Å². The van der Waals surface area contributed by atoms with Gasteiger partial charge in [0.05, 0.1) is 23.7 Å². The summed E-state index contributed by atoms with van der Waals surface area (Å²) in [5.41, 5.74) is 3.75. The minimum Gasteiger partial charge on any atom is -0.344 e. The second-order valence-electron chi connectivity index (χ2n) is 7.74. The molecule has 1 aliphatic carbocycles. The molecule has 0 saturated heterocycles. The Morgan fingerprint density at radius 3 is 2.81 bits per heavy atom. The van der Waals surface area contributed by atoms with Crippen molar-refractivity contribution in [1.29, 1.82) is 0 Å². The molecule has 0 fully saturated rings. The predicted octanol–water partition coefficient (Wildman–Crippen LogP) is 4.44. The highest BCUT2D eigenvalue weighted by Gasteiger charge is 2.35. The Labute approximate surface area is 157 Å². The molecule has 1 aliphatic rings. The molecule has 0 spiro atoms. The molecule has 1 N–H and O–H groups in total. The second-order valence-corrected chi connectivity index (χ2v) is 8.69. The summed E-state index contributed by atoms with van der Waals surface area (Å²) >= 11 is 1.47. The normalized spacial score (nSPS) is 18.3. The van der Waals surface area contributed by atoms with Gasteiger partial charge in [0.1, 0.15) is 0 Å². The Kier molecular flexibility index (Phi) is 4.41. The highest BCUT2D eigenvalue weighted by molar-refractivity contribution is 7.12. The lowest BCUT2D eigenvalue weighted by atomic mass is 9.74. The molecule has 0 aliphatic heterocycles. The van der Waals surface area contributed by atoms with Crippen molar-refractivity contribution in [2.75, 3.05) is 0 Å². The number of carbonyl (C=O) groups excluding carboxylic acids is 1. The molecular formula is C21H23N3OS. The fourth-order valence-electron chi connectivity index (χ4n) is 3.76. The number of hydrogen-bond acceptors (Lipinski definition) is 3. The third kappa shape index (κ3) is 3.44. The van der Waals surface area contributed by atoms with Gasteiger partial charge in [0, 0.05) is 11.3 Å². The van der Waals surface area contributed by atoms with Crippen LogP contribution in [0, 0.1) is 5.41 Å². The first-order valence-corrected chi connectivity index (χ1v) is 9.83. The Morgan fingerprint density at radius 2 is 2.08 bits per heavy atom. The van der Waals surface area contributed by atoms with E-state index < -0.39 is 0 Å². The first-order valence-electron chi connectivity index (χ1n) is 8.95. The predicted molar refractivity (Wildman–Crippen MR) is 104 cm³/mol. The summed E-state index contributed by atoms with van der Waals surface area (Å²) in [6, 6.07) is 14.2.